The summed E-state index contributed by atoms with van der Waals surface area (Å²) in [4.78, 5) is 24.6. The minimum Gasteiger partial charge on any atom is -0.376 e. The van der Waals surface area contributed by atoms with Crippen molar-refractivity contribution in [3.8, 4) is 0 Å². The summed E-state index contributed by atoms with van der Waals surface area (Å²) in [5.41, 5.74) is 0.973. The largest absolute Gasteiger partial charge is 0.376 e. The zero-order valence-electron chi connectivity index (χ0n) is 16.3. The Morgan fingerprint density at radius 3 is 2.00 bits per heavy atom. The molecule has 4 nitrogen and oxygen atoms in total. The molecule has 0 aliphatic carbocycles. The van der Waals surface area contributed by atoms with E-state index < -0.39 is 6.73 Å². The van der Waals surface area contributed by atoms with Crippen LogP contribution in [0.1, 0.15) is 97.3 Å². The van der Waals surface area contributed by atoms with E-state index in [1.807, 2.05) is 6.92 Å². The van der Waals surface area contributed by atoms with E-state index in [0.29, 0.717) is 0 Å². The lowest BCUT2D eigenvalue weighted by Crippen LogP contribution is -2.31. The first-order valence-electron chi connectivity index (χ1n) is 10.2. The van der Waals surface area contributed by atoms with E-state index in [2.05, 4.69) is 13.0 Å². The number of imide groups is 1. The van der Waals surface area contributed by atoms with Crippen molar-refractivity contribution in [3.05, 3.63) is 11.6 Å². The van der Waals surface area contributed by atoms with Crippen LogP contribution in [0, 0.1) is 5.92 Å². The van der Waals surface area contributed by atoms with Crippen molar-refractivity contribution in [2.24, 2.45) is 5.92 Å². The van der Waals surface area contributed by atoms with Gasteiger partial charge in [0, 0.05) is 6.42 Å². The van der Waals surface area contributed by atoms with Gasteiger partial charge in [0.25, 0.3) is 0 Å². The molecule has 1 aliphatic heterocycles. The van der Waals surface area contributed by atoms with Crippen LogP contribution in [0.4, 0.5) is 0 Å². The second-order valence-electron chi connectivity index (χ2n) is 7.33. The second kappa shape index (κ2) is 13.1. The van der Waals surface area contributed by atoms with Crippen molar-refractivity contribution in [1.82, 2.24) is 4.90 Å². The summed E-state index contributed by atoms with van der Waals surface area (Å²) in [6, 6.07) is 0. The van der Waals surface area contributed by atoms with E-state index >= 15 is 0 Å². The van der Waals surface area contributed by atoms with Gasteiger partial charge in [-0.25, -0.2) is 0 Å². The normalized spacial score (nSPS) is 18.4. The number of hydrogen-bond donors (Lipinski definition) is 1. The number of allylic oxidation sites excluding steroid dienone is 1. The summed E-state index contributed by atoms with van der Waals surface area (Å²) in [6.45, 7) is 3.68. The average molecular weight is 352 g/mol. The van der Waals surface area contributed by atoms with Gasteiger partial charge in [-0.1, -0.05) is 82.8 Å². The van der Waals surface area contributed by atoms with Gasteiger partial charge in [0.1, 0.15) is 6.73 Å². The number of carbonyl (C=O) groups excluding carboxylic acids is 2. The third-order valence-electron chi connectivity index (χ3n) is 5.21. The highest BCUT2D eigenvalue weighted by Gasteiger charge is 2.38. The van der Waals surface area contributed by atoms with Crippen molar-refractivity contribution in [1.29, 1.82) is 0 Å². The number of nitrogens with zero attached hydrogens (tertiary/aromatic N) is 1. The lowest BCUT2D eigenvalue weighted by atomic mass is 9.97. The molecule has 1 rings (SSSR count). The van der Waals surface area contributed by atoms with Crippen molar-refractivity contribution in [2.75, 3.05) is 6.73 Å². The molecule has 0 saturated carbocycles. The van der Waals surface area contributed by atoms with E-state index in [4.69, 9.17) is 5.11 Å². The first kappa shape index (κ1) is 21.9. The van der Waals surface area contributed by atoms with Crippen LogP contribution < -0.4 is 0 Å². The Kier molecular flexibility index (Phi) is 11.5. The Labute approximate surface area is 153 Å². The third kappa shape index (κ3) is 8.17. The third-order valence-corrected chi connectivity index (χ3v) is 5.21. The van der Waals surface area contributed by atoms with Gasteiger partial charge >= 0.3 is 0 Å². The number of unbranched alkanes of at least 4 members (excludes halogenated alkanes) is 11. The van der Waals surface area contributed by atoms with Gasteiger partial charge in [0.05, 0.1) is 5.92 Å². The average Bonchev–Trinajstić information content (AvgIpc) is 2.89. The number of hydrogen-bond acceptors (Lipinski definition) is 3. The molecule has 1 N–H and O–H groups in total. The molecule has 1 unspecified atom stereocenters. The fraction of sp³-hybridized carbons (Fsp3) is 0.810. The van der Waals surface area contributed by atoms with E-state index in [9.17, 15) is 9.59 Å². The topological polar surface area (TPSA) is 57.6 Å². The van der Waals surface area contributed by atoms with Crippen LogP contribution in [0.25, 0.3) is 0 Å². The van der Waals surface area contributed by atoms with Crippen LogP contribution in [0.5, 0.6) is 0 Å². The summed E-state index contributed by atoms with van der Waals surface area (Å²) in [5.74, 6) is -0.868. The zero-order chi connectivity index (χ0) is 18.5. The van der Waals surface area contributed by atoms with Gasteiger partial charge in [-0.05, 0) is 19.8 Å². The molecule has 0 bridgehead atoms. The number of aliphatic hydroxyl groups is 1. The molecule has 1 heterocycles. The highest BCUT2D eigenvalue weighted by Crippen LogP contribution is 2.26. The Balaban J connectivity index is 2.04. The molecule has 144 valence electrons. The molecule has 2 amide bonds. The molecule has 25 heavy (non-hydrogen) atoms. The van der Waals surface area contributed by atoms with Crippen molar-refractivity contribution in [2.45, 2.75) is 97.3 Å². The Bertz CT molecular complexity index is 431. The summed E-state index contributed by atoms with van der Waals surface area (Å²) < 4.78 is 0. The Morgan fingerprint density at radius 1 is 1.00 bits per heavy atom. The number of carbonyl (C=O) groups is 2. The number of amides is 2. The SMILES string of the molecule is CCCCCCCCCCCCCC=C(C)C1CC(=O)N(CO)C1=O. The number of aliphatic hydroxyl groups excluding tert-OH is 1. The standard InChI is InChI=1S/C21H37NO3/c1-3-4-5-6-7-8-9-10-11-12-13-14-15-18(2)19-16-20(24)22(17-23)21(19)25/h15,19,23H,3-14,16-17H2,1-2H3. The molecule has 1 fully saturated rings. The molecule has 1 atom stereocenters. The molecule has 0 aromatic rings. The van der Waals surface area contributed by atoms with Gasteiger partial charge in [0.2, 0.25) is 11.8 Å². The monoisotopic (exact) mass is 351 g/mol. The quantitative estimate of drug-likeness (QED) is 0.273. The fourth-order valence-electron chi connectivity index (χ4n) is 3.47. The first-order chi connectivity index (χ1) is 12.1. The molecule has 0 aromatic carbocycles. The van der Waals surface area contributed by atoms with Crippen LogP contribution in [-0.2, 0) is 9.59 Å². The number of rotatable bonds is 14. The lowest BCUT2D eigenvalue weighted by Gasteiger charge is -2.11. The minimum atomic E-state index is -0.500. The highest BCUT2D eigenvalue weighted by atomic mass is 16.3. The van der Waals surface area contributed by atoms with E-state index in [-0.39, 0.29) is 24.2 Å². The van der Waals surface area contributed by atoms with Crippen molar-refractivity contribution < 1.29 is 14.7 Å². The van der Waals surface area contributed by atoms with Gasteiger partial charge in [0.15, 0.2) is 0 Å². The summed E-state index contributed by atoms with van der Waals surface area (Å²) >= 11 is 0. The molecule has 0 radical (unpaired) electrons. The summed E-state index contributed by atoms with van der Waals surface area (Å²) in [6.07, 6.45) is 17.9. The summed E-state index contributed by atoms with van der Waals surface area (Å²) in [7, 11) is 0. The van der Waals surface area contributed by atoms with Crippen LogP contribution >= 0.6 is 0 Å². The molecule has 4 heteroatoms. The lowest BCUT2D eigenvalue weighted by molar-refractivity contribution is -0.143. The molecule has 1 saturated heterocycles. The minimum absolute atomic E-state index is 0.208. The van der Waals surface area contributed by atoms with Crippen LogP contribution in [-0.4, -0.2) is 28.6 Å². The maximum Gasteiger partial charge on any atom is 0.238 e. The fourth-order valence-corrected chi connectivity index (χ4v) is 3.47. The van der Waals surface area contributed by atoms with Crippen molar-refractivity contribution >= 4 is 11.8 Å². The smallest absolute Gasteiger partial charge is 0.238 e. The number of likely N-dealkylation sites (tertiary alicyclic amines) is 1. The molecule has 0 spiro atoms. The highest BCUT2D eigenvalue weighted by molar-refractivity contribution is 6.04. The Hall–Kier alpha value is -1.16. The van der Waals surface area contributed by atoms with Crippen LogP contribution in [0.2, 0.25) is 0 Å². The Morgan fingerprint density at radius 2 is 1.52 bits per heavy atom. The predicted octanol–water partition coefficient (Wildman–Crippen LogP) is 4.96. The summed E-state index contributed by atoms with van der Waals surface area (Å²) in [5, 5.41) is 9.06. The van der Waals surface area contributed by atoms with Gasteiger partial charge in [-0.3, -0.25) is 14.5 Å². The first-order valence-corrected chi connectivity index (χ1v) is 10.2. The second-order valence-corrected chi connectivity index (χ2v) is 7.33. The van der Waals surface area contributed by atoms with Crippen LogP contribution in [0.15, 0.2) is 11.6 Å². The van der Waals surface area contributed by atoms with E-state index in [1.165, 1.54) is 64.2 Å². The van der Waals surface area contributed by atoms with Gasteiger partial charge < -0.3 is 5.11 Å². The van der Waals surface area contributed by atoms with E-state index in [0.717, 1.165) is 23.3 Å². The van der Waals surface area contributed by atoms with Gasteiger partial charge in [-0.2, -0.15) is 0 Å². The van der Waals surface area contributed by atoms with Crippen LogP contribution in [0.3, 0.4) is 0 Å². The molecular formula is C21H37NO3. The van der Waals surface area contributed by atoms with Crippen molar-refractivity contribution in [3.63, 3.8) is 0 Å². The molecule has 0 aromatic heterocycles. The zero-order valence-corrected chi connectivity index (χ0v) is 16.3. The molecule has 1 aliphatic rings. The van der Waals surface area contributed by atoms with E-state index in [1.54, 1.807) is 0 Å². The van der Waals surface area contributed by atoms with Gasteiger partial charge in [-0.15, -0.1) is 0 Å². The maximum absolute atomic E-state index is 12.0. The maximum atomic E-state index is 12.0. The predicted molar refractivity (Wildman–Crippen MR) is 102 cm³/mol. The molecular weight excluding hydrogens is 314 g/mol.